The molecule has 20 heavy (non-hydrogen) atoms. The molecule has 1 N–H and O–H groups in total. The largest absolute Gasteiger partial charge is 0.477 e. The molecule has 4 nitrogen and oxygen atoms in total. The van der Waals surface area contributed by atoms with Crippen molar-refractivity contribution in [1.82, 2.24) is 10.3 Å². The molecule has 2 heterocycles. The Balaban J connectivity index is 1.79. The summed E-state index contributed by atoms with van der Waals surface area (Å²) in [6.45, 7) is 2.86. The first-order chi connectivity index (χ1) is 9.86. The Morgan fingerprint density at radius 2 is 2.15 bits per heavy atom. The summed E-state index contributed by atoms with van der Waals surface area (Å²) in [5, 5.41) is 14.3. The summed E-state index contributed by atoms with van der Waals surface area (Å²) >= 11 is 0. The van der Waals surface area contributed by atoms with Gasteiger partial charge in [-0.2, -0.15) is 5.26 Å². The molecule has 0 unspecified atom stereocenters. The molecule has 2 aromatic rings. The molecular formula is C16H17N3O. The average Bonchev–Trinajstić information content (AvgIpc) is 2.53. The smallest absolute Gasteiger partial charge is 0.221 e. The van der Waals surface area contributed by atoms with Crippen molar-refractivity contribution in [1.29, 1.82) is 5.26 Å². The van der Waals surface area contributed by atoms with Crippen LogP contribution in [0.4, 0.5) is 0 Å². The highest BCUT2D eigenvalue weighted by molar-refractivity contribution is 5.87. The van der Waals surface area contributed by atoms with Gasteiger partial charge in [-0.05, 0) is 61.5 Å². The van der Waals surface area contributed by atoms with Crippen LogP contribution in [0.15, 0.2) is 30.5 Å². The molecule has 1 fully saturated rings. The van der Waals surface area contributed by atoms with Crippen LogP contribution in [0, 0.1) is 17.2 Å². The number of benzene rings is 1. The van der Waals surface area contributed by atoms with Crippen molar-refractivity contribution in [3.05, 3.63) is 36.0 Å². The zero-order valence-electron chi connectivity index (χ0n) is 11.3. The van der Waals surface area contributed by atoms with Gasteiger partial charge in [0.25, 0.3) is 0 Å². The number of rotatable bonds is 3. The summed E-state index contributed by atoms with van der Waals surface area (Å²) in [6.07, 6.45) is 4.05. The third-order valence-electron chi connectivity index (χ3n) is 3.77. The molecule has 0 amide bonds. The average molecular weight is 267 g/mol. The van der Waals surface area contributed by atoms with E-state index in [1.807, 2.05) is 18.2 Å². The number of aromatic nitrogens is 1. The van der Waals surface area contributed by atoms with Crippen LogP contribution in [0.5, 0.6) is 5.88 Å². The topological polar surface area (TPSA) is 57.9 Å². The summed E-state index contributed by atoms with van der Waals surface area (Å²) in [7, 11) is 0. The first-order valence-corrected chi connectivity index (χ1v) is 6.99. The first kappa shape index (κ1) is 12.9. The summed E-state index contributed by atoms with van der Waals surface area (Å²) < 4.78 is 5.91. The lowest BCUT2D eigenvalue weighted by Crippen LogP contribution is -2.30. The van der Waals surface area contributed by atoms with Gasteiger partial charge in [0.2, 0.25) is 5.88 Å². The van der Waals surface area contributed by atoms with E-state index in [2.05, 4.69) is 16.4 Å². The quantitative estimate of drug-likeness (QED) is 0.928. The van der Waals surface area contributed by atoms with Crippen molar-refractivity contribution in [2.45, 2.75) is 12.8 Å². The lowest BCUT2D eigenvalue weighted by Gasteiger charge is -2.22. The predicted molar refractivity (Wildman–Crippen MR) is 77.5 cm³/mol. The molecule has 1 aliphatic heterocycles. The number of nitrogens with one attached hydrogen (secondary N) is 1. The lowest BCUT2D eigenvalue weighted by atomic mass is 9.99. The van der Waals surface area contributed by atoms with Crippen LogP contribution >= 0.6 is 0 Å². The van der Waals surface area contributed by atoms with E-state index in [0.717, 1.165) is 36.7 Å². The molecule has 1 aromatic heterocycles. The molecule has 0 spiro atoms. The highest BCUT2D eigenvalue weighted by atomic mass is 16.5. The van der Waals surface area contributed by atoms with E-state index in [-0.39, 0.29) is 0 Å². The minimum Gasteiger partial charge on any atom is -0.477 e. The Labute approximate surface area is 118 Å². The molecular weight excluding hydrogens is 250 g/mol. The summed E-state index contributed by atoms with van der Waals surface area (Å²) in [5.74, 6) is 1.28. The summed E-state index contributed by atoms with van der Waals surface area (Å²) in [6, 6.07) is 9.66. The monoisotopic (exact) mass is 267 g/mol. The van der Waals surface area contributed by atoms with Crippen LogP contribution in [0.1, 0.15) is 18.4 Å². The fraction of sp³-hybridized carbons (Fsp3) is 0.375. The molecule has 0 atom stereocenters. The van der Waals surface area contributed by atoms with E-state index >= 15 is 0 Å². The third kappa shape index (κ3) is 2.73. The van der Waals surface area contributed by atoms with Crippen molar-refractivity contribution in [3.63, 3.8) is 0 Å². The molecule has 1 saturated heterocycles. The summed E-state index contributed by atoms with van der Waals surface area (Å²) in [5.41, 5.74) is 0.660. The second-order valence-corrected chi connectivity index (χ2v) is 5.17. The Morgan fingerprint density at radius 3 is 2.95 bits per heavy atom. The molecule has 4 heteroatoms. The Kier molecular flexibility index (Phi) is 3.80. The van der Waals surface area contributed by atoms with Crippen molar-refractivity contribution in [2.75, 3.05) is 19.7 Å². The van der Waals surface area contributed by atoms with Crippen LogP contribution in [-0.4, -0.2) is 24.7 Å². The van der Waals surface area contributed by atoms with E-state index in [1.54, 1.807) is 12.3 Å². The Hall–Kier alpha value is -2.12. The minimum atomic E-state index is 0.603. The molecule has 0 radical (unpaired) electrons. The van der Waals surface area contributed by atoms with E-state index in [4.69, 9.17) is 10.00 Å². The van der Waals surface area contributed by atoms with Gasteiger partial charge in [0.15, 0.2) is 0 Å². The maximum atomic E-state index is 8.94. The van der Waals surface area contributed by atoms with Gasteiger partial charge in [-0.15, -0.1) is 0 Å². The highest BCUT2D eigenvalue weighted by Gasteiger charge is 2.14. The molecule has 0 bridgehead atoms. The van der Waals surface area contributed by atoms with Gasteiger partial charge in [0.05, 0.1) is 18.2 Å². The maximum absolute atomic E-state index is 8.94. The van der Waals surface area contributed by atoms with Gasteiger partial charge in [-0.1, -0.05) is 0 Å². The first-order valence-electron chi connectivity index (χ1n) is 6.99. The van der Waals surface area contributed by atoms with E-state index in [9.17, 15) is 0 Å². The van der Waals surface area contributed by atoms with Gasteiger partial charge in [-0.25, -0.2) is 4.98 Å². The Morgan fingerprint density at radius 1 is 1.30 bits per heavy atom. The fourth-order valence-electron chi connectivity index (χ4n) is 2.58. The highest BCUT2D eigenvalue weighted by Crippen LogP contribution is 2.25. The molecule has 3 rings (SSSR count). The summed E-state index contributed by atoms with van der Waals surface area (Å²) in [4.78, 5) is 4.33. The van der Waals surface area contributed by atoms with Gasteiger partial charge < -0.3 is 10.1 Å². The SMILES string of the molecule is N#Cc1ccc2c(OCC3CCNCC3)nccc2c1. The van der Waals surface area contributed by atoms with Crippen LogP contribution < -0.4 is 10.1 Å². The minimum absolute atomic E-state index is 0.603. The second-order valence-electron chi connectivity index (χ2n) is 5.17. The van der Waals surface area contributed by atoms with Crippen LogP contribution in [0.3, 0.4) is 0 Å². The Bertz CT molecular complexity index is 642. The number of pyridine rings is 1. The zero-order valence-corrected chi connectivity index (χ0v) is 11.3. The lowest BCUT2D eigenvalue weighted by molar-refractivity contribution is 0.211. The fourth-order valence-corrected chi connectivity index (χ4v) is 2.58. The van der Waals surface area contributed by atoms with Crippen molar-refractivity contribution in [2.24, 2.45) is 5.92 Å². The van der Waals surface area contributed by atoms with Crippen molar-refractivity contribution >= 4 is 10.8 Å². The zero-order chi connectivity index (χ0) is 13.8. The van der Waals surface area contributed by atoms with Crippen molar-refractivity contribution < 1.29 is 4.74 Å². The molecule has 0 aliphatic carbocycles. The van der Waals surface area contributed by atoms with Crippen LogP contribution in [-0.2, 0) is 0 Å². The maximum Gasteiger partial charge on any atom is 0.221 e. The van der Waals surface area contributed by atoms with Crippen molar-refractivity contribution in [3.8, 4) is 11.9 Å². The molecule has 1 aliphatic rings. The van der Waals surface area contributed by atoms with Gasteiger partial charge in [0.1, 0.15) is 0 Å². The standard InChI is InChI=1S/C16H17N3O/c17-10-13-1-2-15-14(9-13)5-8-19-16(15)20-11-12-3-6-18-7-4-12/h1-2,5,8-9,12,18H,3-4,6-7,11H2. The number of fused-ring (bicyclic) bond motifs is 1. The normalized spacial score (nSPS) is 15.9. The van der Waals surface area contributed by atoms with E-state index in [0.29, 0.717) is 24.0 Å². The molecule has 1 aromatic carbocycles. The number of ether oxygens (including phenoxy) is 1. The number of nitrogens with zero attached hydrogens (tertiary/aromatic N) is 2. The van der Waals surface area contributed by atoms with Gasteiger partial charge in [-0.3, -0.25) is 0 Å². The third-order valence-corrected chi connectivity index (χ3v) is 3.77. The molecule has 102 valence electrons. The van der Waals surface area contributed by atoms with Crippen LogP contribution in [0.2, 0.25) is 0 Å². The second kappa shape index (κ2) is 5.89. The number of piperidine rings is 1. The van der Waals surface area contributed by atoms with Gasteiger partial charge in [0, 0.05) is 11.6 Å². The predicted octanol–water partition coefficient (Wildman–Crippen LogP) is 2.48. The molecule has 0 saturated carbocycles. The number of hydrogen-bond acceptors (Lipinski definition) is 4. The van der Waals surface area contributed by atoms with E-state index in [1.165, 1.54) is 0 Å². The number of hydrogen-bond donors (Lipinski definition) is 1. The van der Waals surface area contributed by atoms with E-state index < -0.39 is 0 Å². The number of nitriles is 1. The van der Waals surface area contributed by atoms with Gasteiger partial charge >= 0.3 is 0 Å². The van der Waals surface area contributed by atoms with Crippen LogP contribution in [0.25, 0.3) is 10.8 Å².